The van der Waals surface area contributed by atoms with Gasteiger partial charge in [-0.05, 0) is 6.07 Å². The lowest BCUT2D eigenvalue weighted by molar-refractivity contribution is -0.160. The van der Waals surface area contributed by atoms with E-state index < -0.39 is 0 Å². The van der Waals surface area contributed by atoms with E-state index in [-0.39, 0.29) is 5.78 Å². The molecule has 2 rings (SSSR count). The first-order chi connectivity index (χ1) is 7.83. The number of carbonyl (C=O) groups is 1. The zero-order valence-electron chi connectivity index (χ0n) is 8.73. The van der Waals surface area contributed by atoms with E-state index in [1.807, 2.05) is 24.3 Å². The maximum absolute atomic E-state index is 11.6. The first kappa shape index (κ1) is 11.2. The number of anilines is 1. The van der Waals surface area contributed by atoms with Crippen molar-refractivity contribution in [3.05, 3.63) is 35.4 Å². The second kappa shape index (κ2) is 5.16. The quantitative estimate of drug-likeness (QED) is 0.377. The number of allylic oxidation sites excluding steroid dienone is 1. The van der Waals surface area contributed by atoms with Crippen LogP contribution in [0.3, 0.4) is 0 Å². The Labute approximate surface area is 97.7 Å². The Morgan fingerprint density at radius 1 is 1.44 bits per heavy atom. The molecule has 0 spiro atoms. The lowest BCUT2D eigenvalue weighted by atomic mass is 9.95. The number of ketones is 1. The van der Waals surface area contributed by atoms with Gasteiger partial charge in [0.25, 0.3) is 0 Å². The van der Waals surface area contributed by atoms with Crippen LogP contribution in [-0.2, 0) is 9.32 Å². The molecule has 0 fully saturated rings. The second-order valence-electron chi connectivity index (χ2n) is 3.22. The highest BCUT2D eigenvalue weighted by Crippen LogP contribution is 2.26. The molecule has 0 saturated heterocycles. The van der Waals surface area contributed by atoms with E-state index in [1.54, 1.807) is 12.3 Å². The van der Waals surface area contributed by atoms with Crippen LogP contribution in [-0.4, -0.2) is 12.0 Å². The van der Waals surface area contributed by atoms with Gasteiger partial charge >= 0.3 is 0 Å². The third kappa shape index (κ3) is 2.27. The summed E-state index contributed by atoms with van der Waals surface area (Å²) < 4.78 is 4.65. The highest BCUT2D eigenvalue weighted by molar-refractivity contribution is 7.93. The molecule has 84 valence electrons. The van der Waals surface area contributed by atoms with Crippen molar-refractivity contribution in [3.63, 3.8) is 0 Å². The summed E-state index contributed by atoms with van der Waals surface area (Å²) in [4.78, 5) is 16.4. The van der Waals surface area contributed by atoms with Gasteiger partial charge in [-0.3, -0.25) is 4.79 Å². The van der Waals surface area contributed by atoms with Crippen LogP contribution in [0.1, 0.15) is 22.3 Å². The van der Waals surface area contributed by atoms with E-state index in [4.69, 9.17) is 4.99 Å². The summed E-state index contributed by atoms with van der Waals surface area (Å²) in [6.45, 7) is 0. The van der Waals surface area contributed by atoms with Gasteiger partial charge in [0.05, 0.1) is 5.69 Å². The van der Waals surface area contributed by atoms with Crippen LogP contribution in [0, 0.1) is 0 Å². The molecule has 16 heavy (non-hydrogen) atoms. The van der Waals surface area contributed by atoms with Crippen LogP contribution in [0.2, 0.25) is 0 Å². The van der Waals surface area contributed by atoms with Crippen molar-refractivity contribution in [1.82, 2.24) is 0 Å². The minimum Gasteiger partial charge on any atom is -0.294 e. The Kier molecular flexibility index (Phi) is 3.61. The lowest BCUT2D eigenvalue weighted by Crippen LogP contribution is -2.08. The molecule has 0 amide bonds. The van der Waals surface area contributed by atoms with Gasteiger partial charge < -0.3 is 0 Å². The average Bonchev–Trinajstić information content (AvgIpc) is 2.31. The summed E-state index contributed by atoms with van der Waals surface area (Å²) in [5.74, 6) is 0.118. The van der Waals surface area contributed by atoms with Crippen LogP contribution in [0.25, 0.3) is 6.08 Å². The third-order valence-electron chi connectivity index (χ3n) is 2.25. The molecule has 0 unspecified atom stereocenters. The van der Waals surface area contributed by atoms with Gasteiger partial charge in [-0.25, -0.2) is 5.48 Å². The van der Waals surface area contributed by atoms with Crippen LogP contribution in [0.5, 0.6) is 0 Å². The molecular weight excluding hydrogens is 226 g/mol. The van der Waals surface area contributed by atoms with Crippen molar-refractivity contribution in [2.45, 2.75) is 6.42 Å². The van der Waals surface area contributed by atoms with Crippen molar-refractivity contribution in [2.24, 2.45) is 0 Å². The second-order valence-corrected chi connectivity index (χ2v) is 3.69. The van der Waals surface area contributed by atoms with Crippen LogP contribution >= 0.6 is 12.0 Å². The molecule has 1 aliphatic rings. The first-order valence-electron chi connectivity index (χ1n) is 4.78. The topological polar surface area (TPSA) is 47.6 Å². The van der Waals surface area contributed by atoms with Crippen LogP contribution in [0.15, 0.2) is 24.3 Å². The number of rotatable bonds is 4. The molecule has 1 aromatic rings. The van der Waals surface area contributed by atoms with Crippen LogP contribution < -0.4 is 5.48 Å². The van der Waals surface area contributed by atoms with Crippen molar-refractivity contribution in [1.29, 1.82) is 0 Å². The Morgan fingerprint density at radius 2 is 2.31 bits per heavy atom. The number of nitrogens with one attached hydrogen (secondary N) is 1. The summed E-state index contributed by atoms with van der Waals surface area (Å²) >= 11 is 1.09. The maximum atomic E-state index is 11.6. The van der Waals surface area contributed by atoms with Gasteiger partial charge in [-0.1, -0.05) is 24.3 Å². The molecule has 1 aromatic carbocycles. The van der Waals surface area contributed by atoms with E-state index in [2.05, 4.69) is 9.81 Å². The van der Waals surface area contributed by atoms with Crippen molar-refractivity contribution >= 4 is 29.6 Å². The standard InChI is InChI=1S/C11H11NO3S/c1-16-15-14-12-10-6-2-5-9-8(10)4-3-7-11(9)13/h2-6,12H,7H2,1H3. The minimum absolute atomic E-state index is 0.118. The normalized spacial score (nSPS) is 13.7. The molecular formula is C11H11NO3S. The maximum Gasteiger partial charge on any atom is 0.167 e. The molecule has 1 N–H and O–H groups in total. The fraction of sp³-hybridized carbons (Fsp3) is 0.182. The Balaban J connectivity index is 2.23. The molecule has 1 aliphatic carbocycles. The van der Waals surface area contributed by atoms with Gasteiger partial charge in [-0.15, -0.1) is 9.32 Å². The predicted octanol–water partition coefficient (Wildman–Crippen LogP) is 2.84. The largest absolute Gasteiger partial charge is 0.294 e. The van der Waals surface area contributed by atoms with Gasteiger partial charge in [0, 0.05) is 35.8 Å². The molecule has 0 bridgehead atoms. The van der Waals surface area contributed by atoms with E-state index in [1.165, 1.54) is 0 Å². The number of hydrogen-bond donors (Lipinski definition) is 1. The lowest BCUT2D eigenvalue weighted by Gasteiger charge is -2.13. The molecule has 4 nitrogen and oxygen atoms in total. The Hall–Kier alpha value is -1.30. The molecule has 0 aromatic heterocycles. The van der Waals surface area contributed by atoms with Crippen LogP contribution in [0.4, 0.5) is 5.69 Å². The summed E-state index contributed by atoms with van der Waals surface area (Å²) in [6.07, 6.45) is 5.94. The Morgan fingerprint density at radius 3 is 3.12 bits per heavy atom. The van der Waals surface area contributed by atoms with Crippen molar-refractivity contribution in [2.75, 3.05) is 11.7 Å². The zero-order valence-corrected chi connectivity index (χ0v) is 9.54. The van der Waals surface area contributed by atoms with Gasteiger partial charge in [-0.2, -0.15) is 0 Å². The summed E-state index contributed by atoms with van der Waals surface area (Å²) in [5.41, 5.74) is 4.91. The molecule has 0 aliphatic heterocycles. The van der Waals surface area contributed by atoms with Crippen molar-refractivity contribution < 1.29 is 14.1 Å². The third-order valence-corrected chi connectivity index (χ3v) is 2.45. The molecule has 0 saturated carbocycles. The van der Waals surface area contributed by atoms with Gasteiger partial charge in [0.1, 0.15) is 0 Å². The van der Waals surface area contributed by atoms with Gasteiger partial charge in [0.15, 0.2) is 5.78 Å². The molecule has 5 heteroatoms. The van der Waals surface area contributed by atoms with E-state index in [9.17, 15) is 4.79 Å². The number of fused-ring (bicyclic) bond motifs is 1. The Bertz CT molecular complexity index is 431. The highest BCUT2D eigenvalue weighted by Gasteiger charge is 2.15. The zero-order chi connectivity index (χ0) is 11.4. The SMILES string of the molecule is CSOONc1cccc2c1C=CCC2=O. The smallest absolute Gasteiger partial charge is 0.167 e. The van der Waals surface area contributed by atoms with E-state index in [0.717, 1.165) is 23.3 Å². The fourth-order valence-corrected chi connectivity index (χ4v) is 1.67. The van der Waals surface area contributed by atoms with Gasteiger partial charge in [0.2, 0.25) is 0 Å². The number of benzene rings is 1. The average molecular weight is 237 g/mol. The number of carbonyl (C=O) groups excluding carboxylic acids is 1. The molecule has 0 radical (unpaired) electrons. The summed E-state index contributed by atoms with van der Waals surface area (Å²) in [7, 11) is 0. The molecule has 0 heterocycles. The monoisotopic (exact) mass is 237 g/mol. The predicted molar refractivity (Wildman–Crippen MR) is 63.7 cm³/mol. The first-order valence-corrected chi connectivity index (χ1v) is 5.93. The number of hydrogen-bond acceptors (Lipinski definition) is 5. The summed E-state index contributed by atoms with van der Waals surface area (Å²) in [5, 5.41) is 0. The summed E-state index contributed by atoms with van der Waals surface area (Å²) in [6, 6.07) is 5.44. The van der Waals surface area contributed by atoms with E-state index >= 15 is 0 Å². The minimum atomic E-state index is 0.118. The fourth-order valence-electron chi connectivity index (χ4n) is 1.57. The highest BCUT2D eigenvalue weighted by atomic mass is 32.2. The molecule has 0 atom stereocenters. The van der Waals surface area contributed by atoms with Crippen molar-refractivity contribution in [3.8, 4) is 0 Å². The number of Topliss-reactive ketones (excluding diaryl/α,β-unsaturated/α-hetero) is 1. The van der Waals surface area contributed by atoms with E-state index in [0.29, 0.717) is 12.0 Å².